The van der Waals surface area contributed by atoms with E-state index in [1.807, 2.05) is 0 Å². The summed E-state index contributed by atoms with van der Waals surface area (Å²) in [5, 5.41) is 10.8. The Hall–Kier alpha value is -1.95. The standard InChI is InChI=1S/C12H14FNO4/c1-8-9(3-2-4-10(8)13)12(17)14-5-6-18-7-11(15)16/h2-4H,5-7H2,1H3,(H,14,17)(H,15,16). The van der Waals surface area contributed by atoms with Gasteiger partial charge in [0.15, 0.2) is 0 Å². The van der Waals surface area contributed by atoms with Crippen LogP contribution in [0.2, 0.25) is 0 Å². The molecule has 0 aliphatic rings. The highest BCUT2D eigenvalue weighted by Crippen LogP contribution is 2.11. The molecule has 0 aromatic heterocycles. The van der Waals surface area contributed by atoms with E-state index in [4.69, 9.17) is 9.84 Å². The van der Waals surface area contributed by atoms with Crippen molar-refractivity contribution in [3.8, 4) is 0 Å². The summed E-state index contributed by atoms with van der Waals surface area (Å²) in [5.41, 5.74) is 0.537. The first-order chi connectivity index (χ1) is 8.52. The Balaban J connectivity index is 2.41. The molecular formula is C12H14FNO4. The van der Waals surface area contributed by atoms with Crippen LogP contribution in [0.4, 0.5) is 4.39 Å². The Kier molecular flexibility index (Phi) is 5.26. The number of halogens is 1. The number of hydrogen-bond donors (Lipinski definition) is 2. The largest absolute Gasteiger partial charge is 0.480 e. The van der Waals surface area contributed by atoms with Gasteiger partial charge in [-0.05, 0) is 24.6 Å². The molecule has 0 radical (unpaired) electrons. The molecule has 18 heavy (non-hydrogen) atoms. The molecule has 0 aliphatic carbocycles. The van der Waals surface area contributed by atoms with Crippen LogP contribution in [0.25, 0.3) is 0 Å². The molecule has 0 spiro atoms. The molecule has 1 rings (SSSR count). The second kappa shape index (κ2) is 6.70. The Morgan fingerprint density at radius 1 is 1.44 bits per heavy atom. The molecule has 1 aromatic carbocycles. The lowest BCUT2D eigenvalue weighted by molar-refractivity contribution is -0.142. The number of rotatable bonds is 6. The normalized spacial score (nSPS) is 10.1. The summed E-state index contributed by atoms with van der Waals surface area (Å²) in [5.74, 6) is -1.92. The number of carboxylic acid groups (broad SMARTS) is 1. The van der Waals surface area contributed by atoms with E-state index in [-0.39, 0.29) is 24.3 Å². The van der Waals surface area contributed by atoms with E-state index >= 15 is 0 Å². The fourth-order valence-corrected chi connectivity index (χ4v) is 1.34. The molecule has 2 N–H and O–H groups in total. The lowest BCUT2D eigenvalue weighted by atomic mass is 10.1. The van der Waals surface area contributed by atoms with Gasteiger partial charge in [0.25, 0.3) is 5.91 Å². The van der Waals surface area contributed by atoms with Gasteiger partial charge in [-0.2, -0.15) is 0 Å². The number of amides is 1. The summed E-state index contributed by atoms with van der Waals surface area (Å²) in [6.07, 6.45) is 0. The fourth-order valence-electron chi connectivity index (χ4n) is 1.34. The number of carboxylic acids is 1. The van der Waals surface area contributed by atoms with Gasteiger partial charge in [0.1, 0.15) is 12.4 Å². The molecule has 98 valence electrons. The summed E-state index contributed by atoms with van der Waals surface area (Å²) in [6.45, 7) is 1.37. The average molecular weight is 255 g/mol. The smallest absolute Gasteiger partial charge is 0.329 e. The summed E-state index contributed by atoms with van der Waals surface area (Å²) in [6, 6.07) is 4.26. The summed E-state index contributed by atoms with van der Waals surface area (Å²) in [7, 11) is 0. The van der Waals surface area contributed by atoms with E-state index in [1.54, 1.807) is 0 Å². The van der Waals surface area contributed by atoms with Gasteiger partial charge in [-0.3, -0.25) is 4.79 Å². The minimum atomic E-state index is -1.07. The predicted molar refractivity (Wildman–Crippen MR) is 61.9 cm³/mol. The first-order valence-corrected chi connectivity index (χ1v) is 5.35. The first kappa shape index (κ1) is 14.1. The van der Waals surface area contributed by atoms with E-state index < -0.39 is 24.3 Å². The van der Waals surface area contributed by atoms with Crippen LogP contribution < -0.4 is 5.32 Å². The Labute approximate surface area is 104 Å². The highest BCUT2D eigenvalue weighted by Gasteiger charge is 2.10. The lowest BCUT2D eigenvalue weighted by Crippen LogP contribution is -2.28. The third-order valence-corrected chi connectivity index (χ3v) is 2.27. The summed E-state index contributed by atoms with van der Waals surface area (Å²) < 4.78 is 17.9. The van der Waals surface area contributed by atoms with Crippen molar-refractivity contribution in [1.29, 1.82) is 0 Å². The van der Waals surface area contributed by atoms with Gasteiger partial charge in [-0.1, -0.05) is 6.07 Å². The zero-order valence-corrected chi connectivity index (χ0v) is 9.90. The van der Waals surface area contributed by atoms with Crippen LogP contribution in [0.15, 0.2) is 18.2 Å². The fraction of sp³-hybridized carbons (Fsp3) is 0.333. The molecule has 0 heterocycles. The van der Waals surface area contributed by atoms with Crippen molar-refractivity contribution in [2.75, 3.05) is 19.8 Å². The lowest BCUT2D eigenvalue weighted by Gasteiger charge is -2.08. The first-order valence-electron chi connectivity index (χ1n) is 5.35. The SMILES string of the molecule is Cc1c(F)cccc1C(=O)NCCOCC(=O)O. The van der Waals surface area contributed by atoms with Crippen LogP contribution in [-0.2, 0) is 9.53 Å². The molecular weight excluding hydrogens is 241 g/mol. The zero-order chi connectivity index (χ0) is 13.5. The second-order valence-electron chi connectivity index (χ2n) is 3.61. The van der Waals surface area contributed by atoms with Crippen LogP contribution in [-0.4, -0.2) is 36.7 Å². The van der Waals surface area contributed by atoms with E-state index in [9.17, 15) is 14.0 Å². The van der Waals surface area contributed by atoms with Crippen LogP contribution in [0.1, 0.15) is 15.9 Å². The van der Waals surface area contributed by atoms with Crippen LogP contribution in [0, 0.1) is 12.7 Å². The number of hydrogen-bond acceptors (Lipinski definition) is 3. The van der Waals surface area contributed by atoms with Gasteiger partial charge in [0.05, 0.1) is 6.61 Å². The molecule has 0 bridgehead atoms. The van der Waals surface area contributed by atoms with Gasteiger partial charge in [0.2, 0.25) is 0 Å². The Morgan fingerprint density at radius 3 is 2.83 bits per heavy atom. The molecule has 1 aromatic rings. The monoisotopic (exact) mass is 255 g/mol. The molecule has 1 amide bonds. The maximum absolute atomic E-state index is 13.2. The summed E-state index contributed by atoms with van der Waals surface area (Å²) >= 11 is 0. The van der Waals surface area contributed by atoms with Gasteiger partial charge < -0.3 is 15.2 Å². The molecule has 0 aliphatic heterocycles. The number of benzene rings is 1. The molecule has 0 fully saturated rings. The van der Waals surface area contributed by atoms with E-state index in [0.717, 1.165) is 0 Å². The predicted octanol–water partition coefficient (Wildman–Crippen LogP) is 0.965. The van der Waals surface area contributed by atoms with E-state index in [0.29, 0.717) is 0 Å². The maximum Gasteiger partial charge on any atom is 0.329 e. The quantitative estimate of drug-likeness (QED) is 0.742. The third kappa shape index (κ3) is 4.14. The summed E-state index contributed by atoms with van der Waals surface area (Å²) in [4.78, 5) is 21.8. The van der Waals surface area contributed by atoms with Crippen molar-refractivity contribution >= 4 is 11.9 Å². The van der Waals surface area contributed by atoms with Crippen molar-refractivity contribution in [2.24, 2.45) is 0 Å². The molecule has 5 nitrogen and oxygen atoms in total. The number of carbonyl (C=O) groups excluding carboxylic acids is 1. The van der Waals surface area contributed by atoms with Crippen molar-refractivity contribution in [3.63, 3.8) is 0 Å². The second-order valence-corrected chi connectivity index (χ2v) is 3.61. The van der Waals surface area contributed by atoms with Gasteiger partial charge >= 0.3 is 5.97 Å². The average Bonchev–Trinajstić information content (AvgIpc) is 2.31. The Morgan fingerprint density at radius 2 is 2.17 bits per heavy atom. The molecule has 0 saturated carbocycles. The van der Waals surface area contributed by atoms with Crippen molar-refractivity contribution < 1.29 is 23.8 Å². The molecule has 0 atom stereocenters. The zero-order valence-electron chi connectivity index (χ0n) is 9.90. The highest BCUT2D eigenvalue weighted by molar-refractivity contribution is 5.95. The van der Waals surface area contributed by atoms with Crippen molar-refractivity contribution in [2.45, 2.75) is 6.92 Å². The van der Waals surface area contributed by atoms with E-state index in [1.165, 1.54) is 25.1 Å². The van der Waals surface area contributed by atoms with Crippen LogP contribution in [0.3, 0.4) is 0 Å². The van der Waals surface area contributed by atoms with Crippen LogP contribution >= 0.6 is 0 Å². The molecule has 0 unspecified atom stereocenters. The van der Waals surface area contributed by atoms with Gasteiger partial charge in [0, 0.05) is 12.1 Å². The van der Waals surface area contributed by atoms with Crippen molar-refractivity contribution in [3.05, 3.63) is 35.1 Å². The van der Waals surface area contributed by atoms with Gasteiger partial charge in [-0.25, -0.2) is 9.18 Å². The minimum absolute atomic E-state index is 0.0897. The van der Waals surface area contributed by atoms with Gasteiger partial charge in [-0.15, -0.1) is 0 Å². The van der Waals surface area contributed by atoms with E-state index in [2.05, 4.69) is 5.32 Å². The minimum Gasteiger partial charge on any atom is -0.480 e. The number of carbonyl (C=O) groups is 2. The maximum atomic E-state index is 13.2. The Bertz CT molecular complexity index is 448. The van der Waals surface area contributed by atoms with Crippen molar-refractivity contribution in [1.82, 2.24) is 5.32 Å². The highest BCUT2D eigenvalue weighted by atomic mass is 19.1. The number of ether oxygens (including phenoxy) is 1. The molecule has 6 heteroatoms. The van der Waals surface area contributed by atoms with Crippen LogP contribution in [0.5, 0.6) is 0 Å². The third-order valence-electron chi connectivity index (χ3n) is 2.27. The molecule has 0 saturated heterocycles. The number of nitrogens with one attached hydrogen (secondary N) is 1. The topological polar surface area (TPSA) is 75.6 Å². The number of aliphatic carboxylic acids is 1.